The number of nitrogens with zero attached hydrogens (tertiary/aromatic N) is 1. The van der Waals surface area contributed by atoms with Crippen molar-refractivity contribution < 1.29 is 0 Å². The summed E-state index contributed by atoms with van der Waals surface area (Å²) in [5, 5.41) is 6.75. The van der Waals surface area contributed by atoms with E-state index in [1.54, 1.807) is 11.3 Å². The molecule has 19 heavy (non-hydrogen) atoms. The summed E-state index contributed by atoms with van der Waals surface area (Å²) in [6.07, 6.45) is 1.81. The molecule has 0 saturated carbocycles. The molecule has 1 N–H and O–H groups in total. The fourth-order valence-electron chi connectivity index (χ4n) is 2.10. The van der Waals surface area contributed by atoms with E-state index in [0.717, 1.165) is 20.9 Å². The Bertz CT molecular complexity index is 703. The van der Waals surface area contributed by atoms with Crippen molar-refractivity contribution in [3.63, 3.8) is 0 Å². The molecule has 3 rings (SSSR count). The number of thiophene rings is 1. The first-order valence-corrected chi connectivity index (χ1v) is 7.34. The third kappa shape index (κ3) is 2.57. The summed E-state index contributed by atoms with van der Waals surface area (Å²) in [5.41, 5.74) is 3.30. The van der Waals surface area contributed by atoms with Gasteiger partial charge in [0.25, 0.3) is 0 Å². The Balaban J connectivity index is 1.93. The molecule has 2 heterocycles. The van der Waals surface area contributed by atoms with Crippen LogP contribution >= 0.6 is 22.9 Å². The quantitative estimate of drug-likeness (QED) is 0.723. The zero-order valence-electron chi connectivity index (χ0n) is 10.4. The van der Waals surface area contributed by atoms with Gasteiger partial charge in [-0.05, 0) is 48.2 Å². The number of fused-ring (bicyclic) bond motifs is 1. The standard InChI is InChI=1S/C15H13ClN2S/c1-10(11-8-15(16)19-9-11)18-14-6-2-5-13-12(14)4-3-7-17-13/h2-10,18H,1H3. The molecule has 2 nitrogen and oxygen atoms in total. The molecule has 96 valence electrons. The third-order valence-corrected chi connectivity index (χ3v) is 4.21. The van der Waals surface area contributed by atoms with Gasteiger partial charge in [0, 0.05) is 23.3 Å². The van der Waals surface area contributed by atoms with Gasteiger partial charge >= 0.3 is 0 Å². The van der Waals surface area contributed by atoms with E-state index in [1.165, 1.54) is 5.56 Å². The predicted molar refractivity (Wildman–Crippen MR) is 83.1 cm³/mol. The van der Waals surface area contributed by atoms with Crippen LogP contribution in [0.15, 0.2) is 48.0 Å². The van der Waals surface area contributed by atoms with Crippen molar-refractivity contribution in [2.75, 3.05) is 5.32 Å². The molecule has 1 atom stereocenters. The molecule has 0 amide bonds. The number of aromatic nitrogens is 1. The molecule has 0 spiro atoms. The van der Waals surface area contributed by atoms with Crippen LogP contribution in [0.1, 0.15) is 18.5 Å². The van der Waals surface area contributed by atoms with Crippen LogP contribution < -0.4 is 5.32 Å². The third-order valence-electron chi connectivity index (χ3n) is 3.11. The lowest BCUT2D eigenvalue weighted by Crippen LogP contribution is -2.05. The van der Waals surface area contributed by atoms with Gasteiger partial charge in [-0.25, -0.2) is 0 Å². The van der Waals surface area contributed by atoms with E-state index in [1.807, 2.05) is 30.5 Å². The minimum atomic E-state index is 0.217. The van der Waals surface area contributed by atoms with Crippen LogP contribution in [-0.2, 0) is 0 Å². The van der Waals surface area contributed by atoms with Gasteiger partial charge in [0.1, 0.15) is 0 Å². The first-order valence-electron chi connectivity index (χ1n) is 6.08. The Morgan fingerprint density at radius 3 is 2.95 bits per heavy atom. The predicted octanol–water partition coefficient (Wildman–Crippen LogP) is 5.12. The van der Waals surface area contributed by atoms with Gasteiger partial charge in [-0.1, -0.05) is 17.7 Å². The van der Waals surface area contributed by atoms with Crippen LogP contribution in [-0.4, -0.2) is 4.98 Å². The SMILES string of the molecule is CC(Nc1cccc2ncccc12)c1csc(Cl)c1. The average molecular weight is 289 g/mol. The molecule has 4 heteroatoms. The number of rotatable bonds is 3. The van der Waals surface area contributed by atoms with Crippen molar-refractivity contribution in [1.29, 1.82) is 0 Å². The molecule has 0 aliphatic carbocycles. The molecule has 0 fully saturated rings. The van der Waals surface area contributed by atoms with Crippen LogP contribution in [0.5, 0.6) is 0 Å². The van der Waals surface area contributed by atoms with Gasteiger partial charge in [0.2, 0.25) is 0 Å². The van der Waals surface area contributed by atoms with E-state index in [4.69, 9.17) is 11.6 Å². The number of hydrogen-bond donors (Lipinski definition) is 1. The highest BCUT2D eigenvalue weighted by Crippen LogP contribution is 2.29. The normalized spacial score (nSPS) is 12.5. The van der Waals surface area contributed by atoms with Crippen molar-refractivity contribution in [2.24, 2.45) is 0 Å². The molecule has 0 aliphatic heterocycles. The largest absolute Gasteiger partial charge is 0.378 e. The molecule has 0 saturated heterocycles. The van der Waals surface area contributed by atoms with Crippen molar-refractivity contribution in [3.8, 4) is 0 Å². The molecular formula is C15H13ClN2S. The highest BCUT2D eigenvalue weighted by atomic mass is 35.5. The van der Waals surface area contributed by atoms with E-state index in [2.05, 4.69) is 34.7 Å². The average Bonchev–Trinajstić information content (AvgIpc) is 2.86. The summed E-state index contributed by atoms with van der Waals surface area (Å²) in [7, 11) is 0. The second-order valence-electron chi connectivity index (χ2n) is 4.43. The van der Waals surface area contributed by atoms with Crippen LogP contribution in [0.4, 0.5) is 5.69 Å². The molecule has 1 aromatic carbocycles. The lowest BCUT2D eigenvalue weighted by Gasteiger charge is -2.15. The number of benzene rings is 1. The summed E-state index contributed by atoms with van der Waals surface area (Å²) in [6.45, 7) is 2.13. The van der Waals surface area contributed by atoms with E-state index >= 15 is 0 Å². The minimum absolute atomic E-state index is 0.217. The number of anilines is 1. The summed E-state index contributed by atoms with van der Waals surface area (Å²) in [5.74, 6) is 0. The summed E-state index contributed by atoms with van der Waals surface area (Å²) in [4.78, 5) is 4.37. The topological polar surface area (TPSA) is 24.9 Å². The van der Waals surface area contributed by atoms with Gasteiger partial charge in [-0.2, -0.15) is 0 Å². The van der Waals surface area contributed by atoms with Crippen LogP contribution in [0, 0.1) is 0 Å². The van der Waals surface area contributed by atoms with Gasteiger partial charge in [-0.15, -0.1) is 11.3 Å². The van der Waals surface area contributed by atoms with Crippen molar-refractivity contribution in [3.05, 3.63) is 57.9 Å². The van der Waals surface area contributed by atoms with Crippen molar-refractivity contribution >= 4 is 39.5 Å². The van der Waals surface area contributed by atoms with Crippen LogP contribution in [0.25, 0.3) is 10.9 Å². The van der Waals surface area contributed by atoms with E-state index in [9.17, 15) is 0 Å². The minimum Gasteiger partial charge on any atom is -0.378 e. The highest BCUT2D eigenvalue weighted by molar-refractivity contribution is 7.14. The van der Waals surface area contributed by atoms with Gasteiger partial charge in [0.15, 0.2) is 0 Å². The molecule has 0 bridgehead atoms. The number of hydrogen-bond acceptors (Lipinski definition) is 3. The maximum atomic E-state index is 5.98. The Labute approximate surface area is 121 Å². The van der Waals surface area contributed by atoms with Gasteiger partial charge in [0.05, 0.1) is 9.85 Å². The fourth-order valence-corrected chi connectivity index (χ4v) is 3.08. The molecule has 0 radical (unpaired) electrons. The number of pyridine rings is 1. The first-order chi connectivity index (χ1) is 9.24. The Morgan fingerprint density at radius 1 is 1.26 bits per heavy atom. The Hall–Kier alpha value is -1.58. The zero-order chi connectivity index (χ0) is 13.2. The second-order valence-corrected chi connectivity index (χ2v) is 5.97. The molecular weight excluding hydrogens is 276 g/mol. The maximum absolute atomic E-state index is 5.98. The monoisotopic (exact) mass is 288 g/mol. The number of nitrogens with one attached hydrogen (secondary N) is 1. The van der Waals surface area contributed by atoms with Crippen molar-refractivity contribution in [1.82, 2.24) is 4.98 Å². The highest BCUT2D eigenvalue weighted by Gasteiger charge is 2.09. The van der Waals surface area contributed by atoms with Gasteiger partial charge < -0.3 is 5.32 Å². The van der Waals surface area contributed by atoms with Crippen LogP contribution in [0.2, 0.25) is 4.34 Å². The van der Waals surface area contributed by atoms with Crippen molar-refractivity contribution in [2.45, 2.75) is 13.0 Å². The lowest BCUT2D eigenvalue weighted by atomic mass is 10.1. The maximum Gasteiger partial charge on any atom is 0.0931 e. The molecule has 1 unspecified atom stereocenters. The summed E-state index contributed by atoms with van der Waals surface area (Å²) < 4.78 is 0.822. The summed E-state index contributed by atoms with van der Waals surface area (Å²) in [6, 6.07) is 12.4. The van der Waals surface area contributed by atoms with Gasteiger partial charge in [-0.3, -0.25) is 4.98 Å². The lowest BCUT2D eigenvalue weighted by molar-refractivity contribution is 0.892. The van der Waals surface area contributed by atoms with E-state index < -0.39 is 0 Å². The smallest absolute Gasteiger partial charge is 0.0931 e. The first kappa shape index (κ1) is 12.5. The summed E-state index contributed by atoms with van der Waals surface area (Å²) >= 11 is 7.54. The molecule has 0 aliphatic rings. The second kappa shape index (κ2) is 5.19. The number of halogens is 1. The van der Waals surface area contributed by atoms with E-state index in [-0.39, 0.29) is 6.04 Å². The Morgan fingerprint density at radius 2 is 2.16 bits per heavy atom. The van der Waals surface area contributed by atoms with Crippen LogP contribution in [0.3, 0.4) is 0 Å². The molecule has 2 aromatic heterocycles. The fraction of sp³-hybridized carbons (Fsp3) is 0.133. The zero-order valence-corrected chi connectivity index (χ0v) is 12.0. The molecule has 3 aromatic rings. The van der Waals surface area contributed by atoms with E-state index in [0.29, 0.717) is 0 Å². The Kier molecular flexibility index (Phi) is 3.40.